The third-order valence-corrected chi connectivity index (χ3v) is 6.03. The standard InChI is InChI=1S/C28H29FO6/c1-18-7-9-23(14-20(29)8-12-26(18)35-22-6-4-5-21(15-22)31-2)34-24-10-11-25-19(13-28(30)32-3)17-33-27(25)16-24/h4-6,8,10-12,15-16,19,23H,1,7,9,13-14,17H2,2-3H3/b20-8+,26-12+/t19-,23-/m1/s1. The molecule has 0 amide bonds. The van der Waals surface area contributed by atoms with E-state index in [1.165, 1.54) is 13.2 Å². The highest BCUT2D eigenvalue weighted by atomic mass is 19.1. The Morgan fingerprint density at radius 1 is 1.11 bits per heavy atom. The van der Waals surface area contributed by atoms with Crippen molar-refractivity contribution in [2.75, 3.05) is 20.8 Å². The van der Waals surface area contributed by atoms with Gasteiger partial charge in [0.1, 0.15) is 40.7 Å². The van der Waals surface area contributed by atoms with Gasteiger partial charge in [0.2, 0.25) is 0 Å². The van der Waals surface area contributed by atoms with Crippen LogP contribution in [-0.2, 0) is 9.53 Å². The number of rotatable bonds is 7. The van der Waals surface area contributed by atoms with Crippen LogP contribution in [0.3, 0.4) is 0 Å². The summed E-state index contributed by atoms with van der Waals surface area (Å²) in [6, 6.07) is 12.7. The van der Waals surface area contributed by atoms with Crippen LogP contribution in [0, 0.1) is 0 Å². The highest BCUT2D eigenvalue weighted by molar-refractivity contribution is 5.71. The minimum absolute atomic E-state index is 0.0471. The van der Waals surface area contributed by atoms with Gasteiger partial charge in [-0.1, -0.05) is 18.7 Å². The summed E-state index contributed by atoms with van der Waals surface area (Å²) in [7, 11) is 2.96. The van der Waals surface area contributed by atoms with Crippen molar-refractivity contribution >= 4 is 5.97 Å². The molecule has 0 saturated carbocycles. The Bertz CT molecular complexity index is 1150. The zero-order valence-electron chi connectivity index (χ0n) is 19.9. The molecule has 6 nitrogen and oxygen atoms in total. The van der Waals surface area contributed by atoms with Crippen molar-refractivity contribution in [2.45, 2.75) is 37.7 Å². The maximum atomic E-state index is 14.7. The van der Waals surface area contributed by atoms with E-state index in [1.54, 1.807) is 31.4 Å². The number of allylic oxidation sites excluding steroid dienone is 3. The lowest BCUT2D eigenvalue weighted by Gasteiger charge is -2.19. The number of carbonyl (C=O) groups is 1. The molecule has 35 heavy (non-hydrogen) atoms. The van der Waals surface area contributed by atoms with Crippen LogP contribution < -0.4 is 18.9 Å². The lowest BCUT2D eigenvalue weighted by atomic mass is 9.98. The zero-order chi connectivity index (χ0) is 24.8. The van der Waals surface area contributed by atoms with Crippen LogP contribution in [0.15, 0.2) is 78.4 Å². The maximum Gasteiger partial charge on any atom is 0.306 e. The molecule has 2 atom stereocenters. The van der Waals surface area contributed by atoms with Crippen molar-refractivity contribution in [1.29, 1.82) is 0 Å². The number of halogens is 1. The smallest absolute Gasteiger partial charge is 0.306 e. The zero-order valence-corrected chi connectivity index (χ0v) is 19.9. The maximum absolute atomic E-state index is 14.7. The van der Waals surface area contributed by atoms with Crippen molar-refractivity contribution in [2.24, 2.45) is 0 Å². The largest absolute Gasteiger partial charge is 0.497 e. The second-order valence-electron chi connectivity index (χ2n) is 8.50. The fraction of sp³-hybridized carbons (Fsp3) is 0.321. The summed E-state index contributed by atoms with van der Waals surface area (Å²) >= 11 is 0. The summed E-state index contributed by atoms with van der Waals surface area (Å²) in [5.41, 5.74) is 1.69. The molecule has 2 aromatic carbocycles. The van der Waals surface area contributed by atoms with Crippen LogP contribution >= 0.6 is 0 Å². The fourth-order valence-corrected chi connectivity index (χ4v) is 4.10. The predicted octanol–water partition coefficient (Wildman–Crippen LogP) is 6.04. The number of esters is 1. The lowest BCUT2D eigenvalue weighted by Crippen LogP contribution is -2.17. The predicted molar refractivity (Wildman–Crippen MR) is 130 cm³/mol. The Morgan fingerprint density at radius 2 is 1.94 bits per heavy atom. The van der Waals surface area contributed by atoms with E-state index in [2.05, 4.69) is 6.58 Å². The summed E-state index contributed by atoms with van der Waals surface area (Å²) in [5.74, 6) is 2.38. The molecule has 1 heterocycles. The number of carbonyl (C=O) groups excluding carboxylic acids is 1. The third kappa shape index (κ3) is 6.23. The van der Waals surface area contributed by atoms with Gasteiger partial charge < -0.3 is 23.7 Å². The number of ether oxygens (including phenoxy) is 5. The van der Waals surface area contributed by atoms with Crippen molar-refractivity contribution in [1.82, 2.24) is 0 Å². The van der Waals surface area contributed by atoms with E-state index in [0.717, 1.165) is 11.1 Å². The fourth-order valence-electron chi connectivity index (χ4n) is 4.10. The van der Waals surface area contributed by atoms with Gasteiger partial charge in [0.15, 0.2) is 0 Å². The highest BCUT2D eigenvalue weighted by Crippen LogP contribution is 2.39. The Labute approximate surface area is 204 Å². The number of benzene rings is 2. The van der Waals surface area contributed by atoms with Crippen LogP contribution in [0.1, 0.15) is 37.2 Å². The van der Waals surface area contributed by atoms with Crippen LogP contribution in [0.5, 0.6) is 23.0 Å². The first-order valence-corrected chi connectivity index (χ1v) is 11.5. The monoisotopic (exact) mass is 480 g/mol. The van der Waals surface area contributed by atoms with Crippen LogP contribution in [0.25, 0.3) is 0 Å². The molecule has 0 radical (unpaired) electrons. The minimum atomic E-state index is -0.391. The Balaban J connectivity index is 1.41. The van der Waals surface area contributed by atoms with Gasteiger partial charge in [-0.05, 0) is 48.8 Å². The highest BCUT2D eigenvalue weighted by Gasteiger charge is 2.27. The molecule has 184 valence electrons. The average Bonchev–Trinajstić information content (AvgIpc) is 3.27. The van der Waals surface area contributed by atoms with Crippen LogP contribution in [0.4, 0.5) is 4.39 Å². The van der Waals surface area contributed by atoms with Crippen LogP contribution in [-0.4, -0.2) is 32.9 Å². The molecule has 2 aliphatic rings. The molecule has 0 saturated heterocycles. The first-order chi connectivity index (χ1) is 16.9. The van der Waals surface area contributed by atoms with E-state index in [-0.39, 0.29) is 30.6 Å². The first-order valence-electron chi connectivity index (χ1n) is 11.5. The lowest BCUT2D eigenvalue weighted by molar-refractivity contribution is -0.141. The van der Waals surface area contributed by atoms with Gasteiger partial charge >= 0.3 is 5.97 Å². The molecule has 0 aromatic heterocycles. The van der Waals surface area contributed by atoms with Gasteiger partial charge in [0.25, 0.3) is 0 Å². The molecule has 1 aliphatic carbocycles. The molecule has 1 aliphatic heterocycles. The molecular weight excluding hydrogens is 451 g/mol. The SMILES string of the molecule is C=C1CC[C@@H](Oc2ccc3c(c2)OC[C@H]3CC(=O)OC)C/C(F)=C\C=C/1Oc1cccc(OC)c1. The Kier molecular flexibility index (Phi) is 7.75. The average molecular weight is 481 g/mol. The normalized spacial score (nSPS) is 22.7. The van der Waals surface area contributed by atoms with Crippen molar-refractivity contribution in [3.63, 3.8) is 0 Å². The van der Waals surface area contributed by atoms with E-state index in [9.17, 15) is 9.18 Å². The summed E-state index contributed by atoms with van der Waals surface area (Å²) in [6.07, 6.45) is 4.12. The second-order valence-corrected chi connectivity index (χ2v) is 8.50. The first kappa shape index (κ1) is 24.4. The molecule has 4 rings (SSSR count). The van der Waals surface area contributed by atoms with Gasteiger partial charge in [-0.25, -0.2) is 4.39 Å². The number of fused-ring (bicyclic) bond motifs is 1. The van der Waals surface area contributed by atoms with Gasteiger partial charge in [-0.15, -0.1) is 0 Å². The van der Waals surface area contributed by atoms with Gasteiger partial charge in [0, 0.05) is 30.0 Å². The van der Waals surface area contributed by atoms with Gasteiger partial charge in [-0.3, -0.25) is 4.79 Å². The molecular formula is C28H29FO6. The minimum Gasteiger partial charge on any atom is -0.497 e. The molecule has 0 N–H and O–H groups in total. The van der Waals surface area contributed by atoms with E-state index < -0.39 is 6.10 Å². The van der Waals surface area contributed by atoms with Gasteiger partial charge in [0.05, 0.1) is 27.2 Å². The number of hydrogen-bond acceptors (Lipinski definition) is 6. The Morgan fingerprint density at radius 3 is 2.74 bits per heavy atom. The van der Waals surface area contributed by atoms with E-state index >= 15 is 0 Å². The van der Waals surface area contributed by atoms with E-state index in [0.29, 0.717) is 48.2 Å². The summed E-state index contributed by atoms with van der Waals surface area (Å²) in [6.45, 7) is 4.55. The molecule has 7 heteroatoms. The summed E-state index contributed by atoms with van der Waals surface area (Å²) in [4.78, 5) is 11.6. The van der Waals surface area contributed by atoms with Crippen molar-refractivity contribution in [3.8, 4) is 23.0 Å². The summed E-state index contributed by atoms with van der Waals surface area (Å²) in [5, 5.41) is 0. The van der Waals surface area contributed by atoms with Crippen molar-refractivity contribution in [3.05, 3.63) is 83.9 Å². The quantitative estimate of drug-likeness (QED) is 0.451. The summed E-state index contributed by atoms with van der Waals surface area (Å²) < 4.78 is 42.6. The molecule has 0 fully saturated rings. The number of methoxy groups -OCH3 is 2. The second kappa shape index (κ2) is 11.1. The van der Waals surface area contributed by atoms with Crippen molar-refractivity contribution < 1.29 is 32.9 Å². The van der Waals surface area contributed by atoms with E-state index in [1.807, 2.05) is 24.3 Å². The van der Waals surface area contributed by atoms with Crippen LogP contribution in [0.2, 0.25) is 0 Å². The Hall–Kier alpha value is -3.74. The third-order valence-electron chi connectivity index (χ3n) is 6.03. The molecule has 0 bridgehead atoms. The van der Waals surface area contributed by atoms with Gasteiger partial charge in [-0.2, -0.15) is 0 Å². The molecule has 0 spiro atoms. The molecule has 0 unspecified atom stereocenters. The van der Waals surface area contributed by atoms with E-state index in [4.69, 9.17) is 23.7 Å². The molecule has 2 aromatic rings. The number of hydrogen-bond donors (Lipinski definition) is 0. The topological polar surface area (TPSA) is 63.2 Å².